The molecule has 5 heteroatoms. The zero-order valence-electron chi connectivity index (χ0n) is 12.6. The van der Waals surface area contributed by atoms with Gasteiger partial charge in [-0.2, -0.15) is 0 Å². The largest absolute Gasteiger partial charge is 0.459 e. The van der Waals surface area contributed by atoms with Crippen LogP contribution >= 0.6 is 0 Å². The smallest absolute Gasteiger partial charge is 0.323 e. The van der Waals surface area contributed by atoms with Gasteiger partial charge in [-0.3, -0.25) is 14.5 Å². The van der Waals surface area contributed by atoms with Crippen molar-refractivity contribution in [2.45, 2.75) is 46.3 Å². The van der Waals surface area contributed by atoms with Gasteiger partial charge < -0.3 is 9.64 Å². The highest BCUT2D eigenvalue weighted by molar-refractivity contribution is 5.80. The van der Waals surface area contributed by atoms with E-state index in [1.807, 2.05) is 27.7 Å². The Morgan fingerprint density at radius 1 is 1.22 bits per heavy atom. The molecule has 0 N–H and O–H groups in total. The van der Waals surface area contributed by atoms with Crippen LogP contribution in [0.3, 0.4) is 0 Å². The highest BCUT2D eigenvalue weighted by Crippen LogP contribution is 2.11. The normalized spacial score (nSPS) is 13.3. The molecule has 0 aromatic heterocycles. The number of esters is 1. The van der Waals surface area contributed by atoms with Crippen LogP contribution in [0.2, 0.25) is 0 Å². The third-order valence-electron chi connectivity index (χ3n) is 2.54. The predicted molar refractivity (Wildman–Crippen MR) is 71.2 cm³/mol. The first kappa shape index (κ1) is 16.9. The first-order valence-electron chi connectivity index (χ1n) is 6.25. The summed E-state index contributed by atoms with van der Waals surface area (Å²) >= 11 is 0. The summed E-state index contributed by atoms with van der Waals surface area (Å²) in [6.45, 7) is 10.0. The Hall–Kier alpha value is -1.10. The van der Waals surface area contributed by atoms with E-state index in [2.05, 4.69) is 0 Å². The second kappa shape index (κ2) is 6.73. The van der Waals surface area contributed by atoms with Crippen LogP contribution < -0.4 is 0 Å². The van der Waals surface area contributed by atoms with Crippen LogP contribution in [-0.4, -0.2) is 60.5 Å². The molecule has 1 unspecified atom stereocenters. The minimum atomic E-state index is -0.504. The van der Waals surface area contributed by atoms with Gasteiger partial charge in [0, 0.05) is 14.1 Å². The van der Waals surface area contributed by atoms with Crippen molar-refractivity contribution >= 4 is 11.9 Å². The van der Waals surface area contributed by atoms with Gasteiger partial charge in [0.15, 0.2) is 0 Å². The maximum Gasteiger partial charge on any atom is 0.323 e. The van der Waals surface area contributed by atoms with Gasteiger partial charge in [0.1, 0.15) is 11.6 Å². The molecule has 0 rings (SSSR count). The molecule has 0 radical (unpaired) electrons. The van der Waals surface area contributed by atoms with Crippen LogP contribution in [-0.2, 0) is 14.3 Å². The SMILES string of the molecule is CCN(CC(=O)N(C)C)C(C)C(=O)OC(C)(C)C. The molecule has 0 saturated carbocycles. The number of rotatable bonds is 5. The number of hydrogen-bond donors (Lipinski definition) is 0. The first-order chi connectivity index (χ1) is 8.08. The third-order valence-corrected chi connectivity index (χ3v) is 2.54. The Morgan fingerprint density at radius 2 is 1.72 bits per heavy atom. The molecule has 0 spiro atoms. The van der Waals surface area contributed by atoms with E-state index in [-0.39, 0.29) is 18.4 Å². The molecule has 1 atom stereocenters. The number of ether oxygens (including phenoxy) is 1. The molecule has 0 aliphatic heterocycles. The molecule has 0 heterocycles. The van der Waals surface area contributed by atoms with E-state index in [9.17, 15) is 9.59 Å². The van der Waals surface area contributed by atoms with Crippen LogP contribution in [0.15, 0.2) is 0 Å². The van der Waals surface area contributed by atoms with E-state index in [0.29, 0.717) is 6.54 Å². The zero-order chi connectivity index (χ0) is 14.5. The van der Waals surface area contributed by atoms with Crippen molar-refractivity contribution in [1.29, 1.82) is 0 Å². The van der Waals surface area contributed by atoms with Crippen molar-refractivity contribution in [3.05, 3.63) is 0 Å². The molecule has 0 aromatic carbocycles. The van der Waals surface area contributed by atoms with Gasteiger partial charge >= 0.3 is 5.97 Å². The Bertz CT molecular complexity index is 295. The number of nitrogens with zero attached hydrogens (tertiary/aromatic N) is 2. The lowest BCUT2D eigenvalue weighted by Crippen LogP contribution is -2.46. The minimum Gasteiger partial charge on any atom is -0.459 e. The average Bonchev–Trinajstić information content (AvgIpc) is 2.21. The molecule has 0 saturated heterocycles. The summed E-state index contributed by atoms with van der Waals surface area (Å²) in [7, 11) is 3.41. The molecule has 0 aliphatic carbocycles. The summed E-state index contributed by atoms with van der Waals surface area (Å²) in [6.07, 6.45) is 0. The Kier molecular flexibility index (Phi) is 6.32. The van der Waals surface area contributed by atoms with E-state index in [4.69, 9.17) is 4.74 Å². The summed E-state index contributed by atoms with van der Waals surface area (Å²) < 4.78 is 5.32. The van der Waals surface area contributed by atoms with Gasteiger partial charge in [0.05, 0.1) is 6.54 Å². The van der Waals surface area contributed by atoms with Crippen LogP contribution in [0.4, 0.5) is 0 Å². The summed E-state index contributed by atoms with van der Waals surface area (Å²) in [5, 5.41) is 0. The van der Waals surface area contributed by atoms with Crippen LogP contribution in [0, 0.1) is 0 Å². The number of amides is 1. The minimum absolute atomic E-state index is 0.0211. The fourth-order valence-corrected chi connectivity index (χ4v) is 1.37. The van der Waals surface area contributed by atoms with E-state index in [1.165, 1.54) is 4.90 Å². The molecule has 18 heavy (non-hydrogen) atoms. The highest BCUT2D eigenvalue weighted by atomic mass is 16.6. The third kappa shape index (κ3) is 6.00. The molecule has 1 amide bonds. The van der Waals surface area contributed by atoms with Crippen LogP contribution in [0.5, 0.6) is 0 Å². The number of likely N-dealkylation sites (N-methyl/N-ethyl adjacent to an activating group) is 2. The molecule has 0 bridgehead atoms. The predicted octanol–water partition coefficient (Wildman–Crippen LogP) is 1.13. The van der Waals surface area contributed by atoms with E-state index in [0.717, 1.165) is 0 Å². The Morgan fingerprint density at radius 3 is 2.06 bits per heavy atom. The molecule has 0 aliphatic rings. The first-order valence-corrected chi connectivity index (χ1v) is 6.25. The number of carbonyl (C=O) groups is 2. The van der Waals surface area contributed by atoms with Gasteiger partial charge in [-0.05, 0) is 34.2 Å². The van der Waals surface area contributed by atoms with Gasteiger partial charge in [-0.15, -0.1) is 0 Å². The van der Waals surface area contributed by atoms with Crippen molar-refractivity contribution in [1.82, 2.24) is 9.80 Å². The summed E-state index contributed by atoms with van der Waals surface area (Å²) in [6, 6.07) is -0.418. The van der Waals surface area contributed by atoms with Crippen LogP contribution in [0.25, 0.3) is 0 Å². The van der Waals surface area contributed by atoms with Crippen molar-refractivity contribution in [2.24, 2.45) is 0 Å². The van der Waals surface area contributed by atoms with Gasteiger partial charge in [-0.25, -0.2) is 0 Å². The molecular weight excluding hydrogens is 232 g/mol. The second-order valence-electron chi connectivity index (χ2n) is 5.56. The van der Waals surface area contributed by atoms with E-state index in [1.54, 1.807) is 25.9 Å². The summed E-state index contributed by atoms with van der Waals surface area (Å²) in [4.78, 5) is 26.9. The lowest BCUT2D eigenvalue weighted by molar-refractivity contribution is -0.161. The van der Waals surface area contributed by atoms with Crippen molar-refractivity contribution in [2.75, 3.05) is 27.2 Å². The average molecular weight is 258 g/mol. The zero-order valence-corrected chi connectivity index (χ0v) is 12.6. The van der Waals surface area contributed by atoms with Gasteiger partial charge in [0.2, 0.25) is 5.91 Å². The monoisotopic (exact) mass is 258 g/mol. The van der Waals surface area contributed by atoms with Gasteiger partial charge in [-0.1, -0.05) is 6.92 Å². The quantitative estimate of drug-likeness (QED) is 0.694. The van der Waals surface area contributed by atoms with Crippen LogP contribution in [0.1, 0.15) is 34.6 Å². The summed E-state index contributed by atoms with van der Waals surface area (Å²) in [5.74, 6) is -0.317. The van der Waals surface area contributed by atoms with Crippen molar-refractivity contribution in [3.63, 3.8) is 0 Å². The van der Waals surface area contributed by atoms with Gasteiger partial charge in [0.25, 0.3) is 0 Å². The standard InChI is InChI=1S/C13H26N2O3/c1-8-15(9-11(16)14(6)7)10(2)12(17)18-13(3,4)5/h10H,8-9H2,1-7H3. The lowest BCUT2D eigenvalue weighted by Gasteiger charge is -2.29. The molecular formula is C13H26N2O3. The number of hydrogen-bond acceptors (Lipinski definition) is 4. The summed E-state index contributed by atoms with van der Waals surface area (Å²) in [5.41, 5.74) is -0.504. The Labute approximate surface area is 110 Å². The highest BCUT2D eigenvalue weighted by Gasteiger charge is 2.27. The van der Waals surface area contributed by atoms with Crippen molar-refractivity contribution < 1.29 is 14.3 Å². The maximum absolute atomic E-state index is 11.9. The lowest BCUT2D eigenvalue weighted by atomic mass is 10.2. The fourth-order valence-electron chi connectivity index (χ4n) is 1.37. The molecule has 0 aromatic rings. The Balaban J connectivity index is 4.56. The number of carbonyl (C=O) groups excluding carboxylic acids is 2. The fraction of sp³-hybridized carbons (Fsp3) is 0.846. The van der Waals surface area contributed by atoms with E-state index >= 15 is 0 Å². The van der Waals surface area contributed by atoms with Crippen molar-refractivity contribution in [3.8, 4) is 0 Å². The topological polar surface area (TPSA) is 49.9 Å². The maximum atomic E-state index is 11.9. The van der Waals surface area contributed by atoms with E-state index < -0.39 is 11.6 Å². The molecule has 5 nitrogen and oxygen atoms in total. The second-order valence-corrected chi connectivity index (χ2v) is 5.56. The molecule has 106 valence electrons. The molecule has 0 fully saturated rings.